The summed E-state index contributed by atoms with van der Waals surface area (Å²) in [5.74, 6) is 0.0212. The fraction of sp³-hybridized carbons (Fsp3) is 0.350. The van der Waals surface area contributed by atoms with Crippen molar-refractivity contribution in [1.82, 2.24) is 10.6 Å². The zero-order valence-corrected chi connectivity index (χ0v) is 26.5. The Kier molecular flexibility index (Phi) is 8.36. The number of nitrogens with one attached hydrogen (secondary N) is 2. The van der Waals surface area contributed by atoms with E-state index in [9.17, 15) is 9.59 Å². The molecule has 7 heteroatoms. The third-order valence-electron chi connectivity index (χ3n) is 10.3. The highest BCUT2D eigenvalue weighted by molar-refractivity contribution is 5.95. The highest BCUT2D eigenvalue weighted by atomic mass is 16.5. The maximum absolute atomic E-state index is 13.5. The molecule has 7 nitrogen and oxygen atoms in total. The van der Waals surface area contributed by atoms with Gasteiger partial charge in [-0.2, -0.15) is 0 Å². The summed E-state index contributed by atoms with van der Waals surface area (Å²) in [6.07, 6.45) is 1.46. The molecule has 0 radical (unpaired) electrons. The summed E-state index contributed by atoms with van der Waals surface area (Å²) in [5, 5.41) is 6.22. The first-order valence-corrected chi connectivity index (χ1v) is 17.0. The number of carbonyl (C=O) groups is 2. The average Bonchev–Trinajstić information content (AvgIpc) is 3.09. The van der Waals surface area contributed by atoms with Gasteiger partial charge in [-0.15, -0.1) is 0 Å². The number of hydrogen-bond acceptors (Lipinski definition) is 5. The summed E-state index contributed by atoms with van der Waals surface area (Å²) in [4.78, 5) is 26.9. The van der Waals surface area contributed by atoms with Crippen LogP contribution in [0.2, 0.25) is 0 Å². The van der Waals surface area contributed by atoms with Crippen LogP contribution >= 0.6 is 0 Å². The Morgan fingerprint density at radius 2 is 0.766 bits per heavy atom. The minimum atomic E-state index is -0.0644. The fourth-order valence-corrected chi connectivity index (χ4v) is 8.30. The third-order valence-corrected chi connectivity index (χ3v) is 10.3. The molecule has 0 fully saturated rings. The zero-order chi connectivity index (χ0) is 31.7. The SMILES string of the molecule is O=C1NCCCOCCOCCOCCCNC(=O)c2ccc3c(c2)[C@@H]2c4ccccc4[C@H]3[C@H]3c4ccccc4[C@@H]2c2ccc1cc23. The van der Waals surface area contributed by atoms with E-state index in [2.05, 4.69) is 83.4 Å². The Labute approximate surface area is 275 Å². The monoisotopic (exact) mass is 628 g/mol. The first-order chi connectivity index (χ1) is 23.2. The fourth-order valence-electron chi connectivity index (χ4n) is 8.30. The predicted molar refractivity (Wildman–Crippen MR) is 179 cm³/mol. The average molecular weight is 629 g/mol. The van der Waals surface area contributed by atoms with Crippen LogP contribution in [-0.4, -0.2) is 64.5 Å². The van der Waals surface area contributed by atoms with E-state index in [0.717, 1.165) is 12.8 Å². The number of ether oxygens (including phenoxy) is 3. The highest BCUT2D eigenvalue weighted by Crippen LogP contribution is 2.64. The largest absolute Gasteiger partial charge is 0.379 e. The molecule has 14 rings (SSSR count). The second-order valence-corrected chi connectivity index (χ2v) is 12.9. The van der Waals surface area contributed by atoms with Gasteiger partial charge in [0.2, 0.25) is 0 Å². The molecule has 0 unspecified atom stereocenters. The third kappa shape index (κ3) is 5.46. The second-order valence-electron chi connectivity index (χ2n) is 12.9. The van der Waals surface area contributed by atoms with Crippen LogP contribution in [0.15, 0.2) is 84.9 Å². The van der Waals surface area contributed by atoms with Gasteiger partial charge in [0, 0.05) is 61.1 Å². The van der Waals surface area contributed by atoms with E-state index in [1.807, 2.05) is 12.1 Å². The molecule has 2 amide bonds. The van der Waals surface area contributed by atoms with Crippen molar-refractivity contribution in [3.8, 4) is 0 Å². The summed E-state index contributed by atoms with van der Waals surface area (Å²) in [6, 6.07) is 30.3. The van der Waals surface area contributed by atoms with Crippen molar-refractivity contribution in [3.63, 3.8) is 0 Å². The van der Waals surface area contributed by atoms with Gasteiger partial charge in [0.05, 0.1) is 26.4 Å². The van der Waals surface area contributed by atoms with Crippen LogP contribution in [0, 0.1) is 0 Å². The molecule has 47 heavy (non-hydrogen) atoms. The molecule has 6 aliphatic carbocycles. The number of carbonyl (C=O) groups excluding carboxylic acids is 2. The van der Waals surface area contributed by atoms with Gasteiger partial charge in [0.25, 0.3) is 11.8 Å². The molecule has 4 aromatic carbocycles. The van der Waals surface area contributed by atoms with Gasteiger partial charge in [0.1, 0.15) is 0 Å². The van der Waals surface area contributed by atoms with Crippen LogP contribution in [0.3, 0.4) is 0 Å². The van der Waals surface area contributed by atoms with Crippen molar-refractivity contribution in [2.45, 2.75) is 36.5 Å². The minimum absolute atomic E-state index is 0.0280. The molecule has 4 atom stereocenters. The molecule has 4 aromatic rings. The molecule has 4 heterocycles. The molecule has 4 aliphatic heterocycles. The van der Waals surface area contributed by atoms with Gasteiger partial charge < -0.3 is 24.8 Å². The lowest BCUT2D eigenvalue weighted by atomic mass is 9.53. The van der Waals surface area contributed by atoms with E-state index in [-0.39, 0.29) is 35.5 Å². The van der Waals surface area contributed by atoms with Crippen molar-refractivity contribution >= 4 is 11.8 Å². The summed E-state index contributed by atoms with van der Waals surface area (Å²) in [6.45, 7) is 4.20. The number of benzene rings is 4. The Hall–Kier alpha value is -4.30. The highest BCUT2D eigenvalue weighted by Gasteiger charge is 2.49. The lowest BCUT2D eigenvalue weighted by molar-refractivity contribution is 0.0139. The van der Waals surface area contributed by atoms with E-state index >= 15 is 0 Å². The lowest BCUT2D eigenvalue weighted by Gasteiger charge is -2.50. The summed E-state index contributed by atoms with van der Waals surface area (Å²) >= 11 is 0. The summed E-state index contributed by atoms with van der Waals surface area (Å²) in [7, 11) is 0. The maximum Gasteiger partial charge on any atom is 0.251 e. The van der Waals surface area contributed by atoms with Crippen molar-refractivity contribution < 1.29 is 23.8 Å². The van der Waals surface area contributed by atoms with E-state index in [0.29, 0.717) is 63.9 Å². The van der Waals surface area contributed by atoms with Crippen molar-refractivity contribution in [2.24, 2.45) is 0 Å². The quantitative estimate of drug-likeness (QED) is 0.255. The molecule has 0 aromatic heterocycles. The number of rotatable bonds is 0. The number of hydrogen-bond donors (Lipinski definition) is 2. The molecule has 10 aliphatic rings. The van der Waals surface area contributed by atoms with Crippen LogP contribution in [0.4, 0.5) is 0 Å². The molecule has 0 spiro atoms. The van der Waals surface area contributed by atoms with Crippen LogP contribution in [0.25, 0.3) is 0 Å². The van der Waals surface area contributed by atoms with Gasteiger partial charge in [-0.05, 0) is 81.6 Å². The molecule has 10 bridgehead atoms. The van der Waals surface area contributed by atoms with E-state index in [4.69, 9.17) is 14.2 Å². The minimum Gasteiger partial charge on any atom is -0.379 e. The van der Waals surface area contributed by atoms with E-state index in [1.54, 1.807) is 0 Å². The van der Waals surface area contributed by atoms with Gasteiger partial charge in [0.15, 0.2) is 0 Å². The van der Waals surface area contributed by atoms with Crippen LogP contribution in [0.1, 0.15) is 102 Å². The van der Waals surface area contributed by atoms with Crippen LogP contribution in [0.5, 0.6) is 0 Å². The Bertz CT molecular complexity index is 1690. The Morgan fingerprint density at radius 3 is 1.17 bits per heavy atom. The first-order valence-electron chi connectivity index (χ1n) is 17.0. The lowest BCUT2D eigenvalue weighted by Crippen LogP contribution is -2.36. The molecule has 240 valence electrons. The predicted octanol–water partition coefficient (Wildman–Crippen LogP) is 5.86. The van der Waals surface area contributed by atoms with Crippen molar-refractivity contribution in [3.05, 3.63) is 141 Å². The molecular weight excluding hydrogens is 588 g/mol. The van der Waals surface area contributed by atoms with Crippen LogP contribution in [-0.2, 0) is 14.2 Å². The summed E-state index contributed by atoms with van der Waals surface area (Å²) in [5.41, 5.74) is 11.7. The van der Waals surface area contributed by atoms with Gasteiger partial charge in [-0.1, -0.05) is 60.7 Å². The Balaban J connectivity index is 1.22. The zero-order valence-electron chi connectivity index (χ0n) is 26.5. The van der Waals surface area contributed by atoms with Gasteiger partial charge in [-0.25, -0.2) is 0 Å². The topological polar surface area (TPSA) is 85.9 Å². The van der Waals surface area contributed by atoms with Crippen molar-refractivity contribution in [1.29, 1.82) is 0 Å². The molecular formula is C40H40N2O5. The smallest absolute Gasteiger partial charge is 0.251 e. The van der Waals surface area contributed by atoms with Gasteiger partial charge in [-0.3, -0.25) is 9.59 Å². The number of amides is 2. The first kappa shape index (κ1) is 30.1. The van der Waals surface area contributed by atoms with E-state index in [1.165, 1.54) is 44.5 Å². The molecule has 0 saturated heterocycles. The van der Waals surface area contributed by atoms with Crippen molar-refractivity contribution in [2.75, 3.05) is 52.7 Å². The molecule has 2 N–H and O–H groups in total. The second kappa shape index (κ2) is 13.1. The standard InChI is InChI=1S/C40H40N2O5/c43-39-25-11-13-31-33(23-25)37-29-9-3-1-7-27(29)35(31)38-30-10-4-2-8-28(30)36(37)32-14-12-26(24-34(32)38)40(44)42-16-6-18-46-20-22-47-21-19-45-17-5-15-41-39/h1-4,7-14,23-24,35-38H,5-6,15-22H2,(H,41,43)(H,42,44)/t35-,36-,37+,38+/m1/s1. The van der Waals surface area contributed by atoms with Gasteiger partial charge >= 0.3 is 0 Å². The van der Waals surface area contributed by atoms with E-state index < -0.39 is 0 Å². The van der Waals surface area contributed by atoms with Crippen LogP contribution < -0.4 is 10.6 Å². The number of fused-ring (bicyclic) bond motifs is 2. The summed E-state index contributed by atoms with van der Waals surface area (Å²) < 4.78 is 17.0. The Morgan fingerprint density at radius 1 is 0.426 bits per heavy atom. The maximum atomic E-state index is 13.5. The normalized spacial score (nSPS) is 24.3. The molecule has 0 saturated carbocycles.